The van der Waals surface area contributed by atoms with Crippen molar-refractivity contribution in [2.45, 2.75) is 26.2 Å². The Kier molecular flexibility index (Phi) is 5.65. The Morgan fingerprint density at radius 2 is 2.27 bits per heavy atom. The van der Waals surface area contributed by atoms with E-state index in [1.54, 1.807) is 4.90 Å². The van der Waals surface area contributed by atoms with E-state index in [9.17, 15) is 4.79 Å². The van der Waals surface area contributed by atoms with E-state index in [0.29, 0.717) is 19.5 Å². The molecule has 0 aromatic carbocycles. The maximum Gasteiger partial charge on any atom is 0.236 e. The highest BCUT2D eigenvalue weighted by Crippen LogP contribution is 2.27. The van der Waals surface area contributed by atoms with Crippen LogP contribution in [-0.4, -0.2) is 48.7 Å². The highest BCUT2D eigenvalue weighted by Gasteiger charge is 2.21. The summed E-state index contributed by atoms with van der Waals surface area (Å²) in [6.07, 6.45) is 3.29. The highest BCUT2D eigenvalue weighted by atomic mass is 16.3. The number of nitrogens with one attached hydrogen (secondary N) is 1. The first-order valence-corrected chi connectivity index (χ1v) is 5.87. The molecule has 4 heteroatoms. The second-order valence-corrected chi connectivity index (χ2v) is 4.12. The van der Waals surface area contributed by atoms with Crippen molar-refractivity contribution >= 4 is 5.91 Å². The van der Waals surface area contributed by atoms with Crippen LogP contribution in [0.4, 0.5) is 0 Å². The van der Waals surface area contributed by atoms with Gasteiger partial charge in [-0.25, -0.2) is 0 Å². The number of likely N-dealkylation sites (N-methyl/N-ethyl adjacent to an activating group) is 1. The van der Waals surface area contributed by atoms with Crippen molar-refractivity contribution in [3.8, 4) is 0 Å². The molecule has 1 rings (SSSR count). The van der Waals surface area contributed by atoms with Gasteiger partial charge in [0.2, 0.25) is 5.91 Å². The Morgan fingerprint density at radius 3 is 2.80 bits per heavy atom. The Balaban J connectivity index is 2.10. The Labute approximate surface area is 91.6 Å². The van der Waals surface area contributed by atoms with E-state index >= 15 is 0 Å². The number of carbonyl (C=O) groups is 1. The van der Waals surface area contributed by atoms with Crippen LogP contribution in [0.2, 0.25) is 0 Å². The van der Waals surface area contributed by atoms with Crippen molar-refractivity contribution in [2.75, 3.05) is 32.8 Å². The lowest BCUT2D eigenvalue weighted by Gasteiger charge is -2.20. The van der Waals surface area contributed by atoms with Crippen molar-refractivity contribution in [2.24, 2.45) is 5.92 Å². The van der Waals surface area contributed by atoms with E-state index in [2.05, 4.69) is 5.32 Å². The molecule has 1 aliphatic carbocycles. The normalized spacial score (nSPS) is 15.3. The smallest absolute Gasteiger partial charge is 0.236 e. The molecule has 2 N–H and O–H groups in total. The number of hydrogen-bond acceptors (Lipinski definition) is 3. The number of amides is 1. The molecule has 0 aromatic rings. The molecule has 0 aromatic heterocycles. The quantitative estimate of drug-likeness (QED) is 0.607. The predicted molar refractivity (Wildman–Crippen MR) is 59.6 cm³/mol. The largest absolute Gasteiger partial charge is 0.396 e. The lowest BCUT2D eigenvalue weighted by Crippen LogP contribution is -2.39. The fraction of sp³-hybridized carbons (Fsp3) is 0.909. The van der Waals surface area contributed by atoms with Gasteiger partial charge in [0.25, 0.3) is 0 Å². The summed E-state index contributed by atoms with van der Waals surface area (Å²) in [6, 6.07) is 0. The van der Waals surface area contributed by atoms with Gasteiger partial charge in [-0.3, -0.25) is 4.79 Å². The van der Waals surface area contributed by atoms with Crippen LogP contribution in [0.15, 0.2) is 0 Å². The Bertz CT molecular complexity index is 193. The summed E-state index contributed by atoms with van der Waals surface area (Å²) in [7, 11) is 0. The monoisotopic (exact) mass is 214 g/mol. The third-order valence-electron chi connectivity index (χ3n) is 2.73. The maximum absolute atomic E-state index is 11.7. The van der Waals surface area contributed by atoms with Gasteiger partial charge in [-0.2, -0.15) is 0 Å². The van der Waals surface area contributed by atoms with E-state index in [1.165, 1.54) is 12.8 Å². The molecule has 0 radical (unpaired) electrons. The summed E-state index contributed by atoms with van der Waals surface area (Å²) in [5, 5.41) is 11.9. The van der Waals surface area contributed by atoms with Crippen molar-refractivity contribution < 1.29 is 9.90 Å². The van der Waals surface area contributed by atoms with Crippen LogP contribution < -0.4 is 5.32 Å². The second kappa shape index (κ2) is 6.80. The molecule has 0 heterocycles. The molecule has 0 atom stereocenters. The van der Waals surface area contributed by atoms with Crippen LogP contribution in [0.5, 0.6) is 0 Å². The van der Waals surface area contributed by atoms with Gasteiger partial charge in [-0.05, 0) is 38.6 Å². The highest BCUT2D eigenvalue weighted by molar-refractivity contribution is 5.78. The molecule has 1 aliphatic rings. The molecule has 0 spiro atoms. The average molecular weight is 214 g/mol. The number of nitrogens with zero attached hydrogens (tertiary/aromatic N) is 1. The summed E-state index contributed by atoms with van der Waals surface area (Å²) in [4.78, 5) is 13.5. The summed E-state index contributed by atoms with van der Waals surface area (Å²) < 4.78 is 0. The van der Waals surface area contributed by atoms with Crippen molar-refractivity contribution in [1.29, 1.82) is 0 Å². The fourth-order valence-corrected chi connectivity index (χ4v) is 1.54. The van der Waals surface area contributed by atoms with Gasteiger partial charge in [0.15, 0.2) is 0 Å². The van der Waals surface area contributed by atoms with Crippen molar-refractivity contribution in [3.63, 3.8) is 0 Å². The molecule has 0 unspecified atom stereocenters. The summed E-state index contributed by atoms with van der Waals surface area (Å²) in [5.41, 5.74) is 0. The minimum Gasteiger partial charge on any atom is -0.396 e. The van der Waals surface area contributed by atoms with Crippen LogP contribution in [0.3, 0.4) is 0 Å². The van der Waals surface area contributed by atoms with E-state index in [0.717, 1.165) is 19.0 Å². The third kappa shape index (κ3) is 5.14. The summed E-state index contributed by atoms with van der Waals surface area (Å²) in [6.45, 7) is 4.93. The average Bonchev–Trinajstić information content (AvgIpc) is 3.03. The lowest BCUT2D eigenvalue weighted by molar-refractivity contribution is -0.130. The number of rotatable bonds is 8. The van der Waals surface area contributed by atoms with Crippen molar-refractivity contribution in [1.82, 2.24) is 10.2 Å². The zero-order valence-electron chi connectivity index (χ0n) is 9.54. The molecule has 88 valence electrons. The maximum atomic E-state index is 11.7. The number of aliphatic hydroxyl groups excluding tert-OH is 1. The third-order valence-corrected chi connectivity index (χ3v) is 2.73. The second-order valence-electron chi connectivity index (χ2n) is 4.12. The van der Waals surface area contributed by atoms with Gasteiger partial charge in [-0.1, -0.05) is 0 Å². The molecule has 0 aliphatic heterocycles. The molecule has 4 nitrogen and oxygen atoms in total. The topological polar surface area (TPSA) is 52.6 Å². The van der Waals surface area contributed by atoms with Gasteiger partial charge < -0.3 is 15.3 Å². The van der Waals surface area contributed by atoms with E-state index < -0.39 is 0 Å². The van der Waals surface area contributed by atoms with E-state index in [1.807, 2.05) is 6.92 Å². The fourth-order valence-electron chi connectivity index (χ4n) is 1.54. The molecule has 1 fully saturated rings. The van der Waals surface area contributed by atoms with Gasteiger partial charge in [0, 0.05) is 19.7 Å². The lowest BCUT2D eigenvalue weighted by atomic mass is 10.3. The van der Waals surface area contributed by atoms with Crippen LogP contribution in [0.1, 0.15) is 26.2 Å². The van der Waals surface area contributed by atoms with Gasteiger partial charge >= 0.3 is 0 Å². The zero-order valence-corrected chi connectivity index (χ0v) is 9.54. The van der Waals surface area contributed by atoms with Gasteiger partial charge in [0.1, 0.15) is 0 Å². The SMILES string of the molecule is CCN(CCCO)C(=O)CNCC1CC1. The van der Waals surface area contributed by atoms with E-state index in [-0.39, 0.29) is 12.5 Å². The molecule has 0 saturated heterocycles. The minimum absolute atomic E-state index is 0.145. The zero-order chi connectivity index (χ0) is 11.1. The van der Waals surface area contributed by atoms with Crippen LogP contribution in [-0.2, 0) is 4.79 Å². The molecular formula is C11H22N2O2. The first kappa shape index (κ1) is 12.5. The summed E-state index contributed by atoms with van der Waals surface area (Å²) >= 11 is 0. The first-order chi connectivity index (χ1) is 7.27. The molecule has 1 saturated carbocycles. The Hall–Kier alpha value is -0.610. The first-order valence-electron chi connectivity index (χ1n) is 5.87. The minimum atomic E-state index is 0.145. The number of carbonyl (C=O) groups excluding carboxylic acids is 1. The summed E-state index contributed by atoms with van der Waals surface area (Å²) in [5.74, 6) is 0.955. The van der Waals surface area contributed by atoms with Crippen LogP contribution in [0, 0.1) is 5.92 Å². The molecule has 1 amide bonds. The van der Waals surface area contributed by atoms with Crippen LogP contribution >= 0.6 is 0 Å². The molecule has 0 bridgehead atoms. The van der Waals surface area contributed by atoms with E-state index in [4.69, 9.17) is 5.11 Å². The van der Waals surface area contributed by atoms with Gasteiger partial charge in [0.05, 0.1) is 6.54 Å². The number of aliphatic hydroxyl groups is 1. The molecule has 15 heavy (non-hydrogen) atoms. The van der Waals surface area contributed by atoms with Gasteiger partial charge in [-0.15, -0.1) is 0 Å². The Morgan fingerprint density at radius 1 is 1.53 bits per heavy atom. The van der Waals surface area contributed by atoms with Crippen molar-refractivity contribution in [3.05, 3.63) is 0 Å². The van der Waals surface area contributed by atoms with Crippen LogP contribution in [0.25, 0.3) is 0 Å². The number of hydrogen-bond donors (Lipinski definition) is 2. The standard InChI is InChI=1S/C11H22N2O2/c1-2-13(6-3-7-14)11(15)9-12-8-10-4-5-10/h10,12,14H,2-9H2,1H3. The molecular weight excluding hydrogens is 192 g/mol. The predicted octanol–water partition coefficient (Wildman–Crippen LogP) is 0.217.